The van der Waals surface area contributed by atoms with Gasteiger partial charge >= 0.3 is 0 Å². The van der Waals surface area contributed by atoms with E-state index in [9.17, 15) is 0 Å². The van der Waals surface area contributed by atoms with Gasteiger partial charge in [-0.25, -0.2) is 0 Å². The maximum atomic E-state index is 5.89. The molecular formula is C12H15N. The van der Waals surface area contributed by atoms with Crippen LogP contribution in [0.15, 0.2) is 24.3 Å². The maximum absolute atomic E-state index is 5.89. The average molecular weight is 173 g/mol. The van der Waals surface area contributed by atoms with Gasteiger partial charge in [0, 0.05) is 12.0 Å². The quantitative estimate of drug-likeness (QED) is 0.730. The minimum absolute atomic E-state index is 0.444. The van der Waals surface area contributed by atoms with Gasteiger partial charge in [0.2, 0.25) is 0 Å². The van der Waals surface area contributed by atoms with Gasteiger partial charge in [-0.15, -0.1) is 0 Å². The number of hydrogen-bond acceptors (Lipinski definition) is 1. The van der Waals surface area contributed by atoms with Gasteiger partial charge in [0.25, 0.3) is 0 Å². The molecule has 0 aliphatic heterocycles. The molecule has 1 heteroatoms. The van der Waals surface area contributed by atoms with Crippen LogP contribution < -0.4 is 5.73 Å². The van der Waals surface area contributed by atoms with Gasteiger partial charge in [-0.3, -0.25) is 0 Å². The lowest BCUT2D eigenvalue weighted by molar-refractivity contribution is 0.956. The topological polar surface area (TPSA) is 26.0 Å². The van der Waals surface area contributed by atoms with Crippen molar-refractivity contribution in [2.75, 3.05) is 0 Å². The highest BCUT2D eigenvalue weighted by Gasteiger charge is 2.38. The molecule has 2 aliphatic rings. The van der Waals surface area contributed by atoms with Gasteiger partial charge in [0.05, 0.1) is 0 Å². The van der Waals surface area contributed by atoms with E-state index < -0.39 is 0 Å². The minimum Gasteiger partial charge on any atom is -0.327 e. The molecule has 0 bridgehead atoms. The highest BCUT2D eigenvalue weighted by molar-refractivity contribution is 5.39. The van der Waals surface area contributed by atoms with Crippen molar-refractivity contribution in [3.8, 4) is 0 Å². The molecule has 0 heterocycles. The fraction of sp³-hybridized carbons (Fsp3) is 0.500. The molecule has 1 aromatic rings. The van der Waals surface area contributed by atoms with E-state index in [2.05, 4.69) is 24.3 Å². The Balaban J connectivity index is 1.97. The average Bonchev–Trinajstić information content (AvgIpc) is 2.98. The molecule has 3 rings (SSSR count). The second-order valence-corrected chi connectivity index (χ2v) is 4.41. The van der Waals surface area contributed by atoms with E-state index >= 15 is 0 Å². The SMILES string of the molecule is NC1CC1c1ccccc1C1CC1. The number of rotatable bonds is 2. The van der Waals surface area contributed by atoms with Crippen LogP contribution in [0.3, 0.4) is 0 Å². The molecule has 1 nitrogen and oxygen atoms in total. The lowest BCUT2D eigenvalue weighted by atomic mass is 9.99. The Bertz CT molecular complexity index is 328. The van der Waals surface area contributed by atoms with Crippen LogP contribution in [0.1, 0.15) is 42.2 Å². The number of hydrogen-bond donors (Lipinski definition) is 1. The summed E-state index contributed by atoms with van der Waals surface area (Å²) in [4.78, 5) is 0. The monoisotopic (exact) mass is 173 g/mol. The van der Waals surface area contributed by atoms with E-state index in [1.165, 1.54) is 24.8 Å². The predicted molar refractivity (Wildman–Crippen MR) is 53.8 cm³/mol. The highest BCUT2D eigenvalue weighted by atomic mass is 14.7. The Morgan fingerprint density at radius 1 is 1.08 bits per heavy atom. The van der Waals surface area contributed by atoms with Crippen molar-refractivity contribution in [3.05, 3.63) is 35.4 Å². The zero-order chi connectivity index (χ0) is 8.84. The molecule has 2 aliphatic carbocycles. The number of benzene rings is 1. The van der Waals surface area contributed by atoms with Crippen molar-refractivity contribution >= 4 is 0 Å². The van der Waals surface area contributed by atoms with Crippen LogP contribution in [0.4, 0.5) is 0 Å². The summed E-state index contributed by atoms with van der Waals surface area (Å²) in [5.74, 6) is 1.54. The van der Waals surface area contributed by atoms with Crippen LogP contribution in [0.25, 0.3) is 0 Å². The molecule has 0 saturated heterocycles. The van der Waals surface area contributed by atoms with E-state index in [4.69, 9.17) is 5.73 Å². The van der Waals surface area contributed by atoms with Crippen molar-refractivity contribution in [1.82, 2.24) is 0 Å². The molecule has 2 atom stereocenters. The van der Waals surface area contributed by atoms with E-state index in [1.54, 1.807) is 5.56 Å². The van der Waals surface area contributed by atoms with Gasteiger partial charge in [-0.1, -0.05) is 24.3 Å². The van der Waals surface area contributed by atoms with Crippen molar-refractivity contribution in [2.24, 2.45) is 5.73 Å². The van der Waals surface area contributed by atoms with Crippen LogP contribution in [-0.4, -0.2) is 6.04 Å². The molecule has 2 fully saturated rings. The van der Waals surface area contributed by atoms with Crippen molar-refractivity contribution < 1.29 is 0 Å². The molecule has 13 heavy (non-hydrogen) atoms. The lowest BCUT2D eigenvalue weighted by Crippen LogP contribution is -2.02. The Kier molecular flexibility index (Phi) is 1.50. The molecule has 68 valence electrons. The van der Waals surface area contributed by atoms with Crippen LogP contribution in [0.5, 0.6) is 0 Å². The summed E-state index contributed by atoms with van der Waals surface area (Å²) >= 11 is 0. The second kappa shape index (κ2) is 2.58. The van der Waals surface area contributed by atoms with Gasteiger partial charge in [0.1, 0.15) is 0 Å². The Hall–Kier alpha value is -0.820. The fourth-order valence-corrected chi connectivity index (χ4v) is 2.19. The molecule has 2 unspecified atom stereocenters. The first kappa shape index (κ1) is 7.57. The van der Waals surface area contributed by atoms with Gasteiger partial charge in [-0.05, 0) is 36.3 Å². The molecule has 0 radical (unpaired) electrons. The Morgan fingerprint density at radius 2 is 1.69 bits per heavy atom. The third-order valence-electron chi connectivity index (χ3n) is 3.25. The molecule has 0 spiro atoms. The largest absolute Gasteiger partial charge is 0.327 e. The smallest absolute Gasteiger partial charge is 0.0115 e. The molecule has 0 aromatic heterocycles. The van der Waals surface area contributed by atoms with Gasteiger partial charge < -0.3 is 5.73 Å². The van der Waals surface area contributed by atoms with Crippen molar-refractivity contribution in [1.29, 1.82) is 0 Å². The van der Waals surface area contributed by atoms with Crippen LogP contribution in [0.2, 0.25) is 0 Å². The summed E-state index contributed by atoms with van der Waals surface area (Å²) in [5, 5.41) is 0. The first-order valence-corrected chi connectivity index (χ1v) is 5.20. The van der Waals surface area contributed by atoms with Gasteiger partial charge in [0.15, 0.2) is 0 Å². The molecular weight excluding hydrogens is 158 g/mol. The van der Waals surface area contributed by atoms with Gasteiger partial charge in [-0.2, -0.15) is 0 Å². The highest BCUT2D eigenvalue weighted by Crippen LogP contribution is 2.48. The standard InChI is InChI=1S/C12H15N/c13-12-7-11(12)10-4-2-1-3-9(10)8-5-6-8/h1-4,8,11-12H,5-7,13H2. The van der Waals surface area contributed by atoms with Crippen LogP contribution in [0, 0.1) is 0 Å². The third-order valence-corrected chi connectivity index (χ3v) is 3.25. The Labute approximate surface area is 78.9 Å². The summed E-state index contributed by atoms with van der Waals surface area (Å²) in [6, 6.07) is 9.31. The second-order valence-electron chi connectivity index (χ2n) is 4.41. The zero-order valence-electron chi connectivity index (χ0n) is 7.74. The predicted octanol–water partition coefficient (Wildman–Crippen LogP) is 2.38. The fourth-order valence-electron chi connectivity index (χ4n) is 2.19. The maximum Gasteiger partial charge on any atom is 0.0115 e. The number of nitrogens with two attached hydrogens (primary N) is 1. The van der Waals surface area contributed by atoms with Crippen LogP contribution >= 0.6 is 0 Å². The molecule has 2 saturated carbocycles. The van der Waals surface area contributed by atoms with Crippen molar-refractivity contribution in [3.63, 3.8) is 0 Å². The minimum atomic E-state index is 0.444. The summed E-state index contributed by atoms with van der Waals surface area (Å²) in [7, 11) is 0. The summed E-state index contributed by atoms with van der Waals surface area (Å²) < 4.78 is 0. The molecule has 2 N–H and O–H groups in total. The lowest BCUT2D eigenvalue weighted by Gasteiger charge is -2.06. The van der Waals surface area contributed by atoms with E-state index in [-0.39, 0.29) is 0 Å². The first-order chi connectivity index (χ1) is 6.36. The van der Waals surface area contributed by atoms with E-state index in [1.807, 2.05) is 0 Å². The van der Waals surface area contributed by atoms with Crippen molar-refractivity contribution in [2.45, 2.75) is 37.1 Å². The molecule has 1 aromatic carbocycles. The summed E-state index contributed by atoms with van der Waals surface area (Å²) in [6.45, 7) is 0. The summed E-state index contributed by atoms with van der Waals surface area (Å²) in [6.07, 6.45) is 3.97. The van der Waals surface area contributed by atoms with E-state index in [0.29, 0.717) is 12.0 Å². The van der Waals surface area contributed by atoms with E-state index in [0.717, 1.165) is 5.92 Å². The Morgan fingerprint density at radius 3 is 2.23 bits per heavy atom. The summed E-state index contributed by atoms with van der Waals surface area (Å²) in [5.41, 5.74) is 9.01. The normalized spacial score (nSPS) is 31.8. The first-order valence-electron chi connectivity index (χ1n) is 5.20. The third kappa shape index (κ3) is 1.28. The molecule has 0 amide bonds. The zero-order valence-corrected chi connectivity index (χ0v) is 7.74. The van der Waals surface area contributed by atoms with Crippen LogP contribution in [-0.2, 0) is 0 Å².